The Morgan fingerprint density at radius 2 is 1.50 bits per heavy atom. The van der Waals surface area contributed by atoms with Crippen LogP contribution in [0.1, 0.15) is 12.0 Å². The van der Waals surface area contributed by atoms with E-state index in [9.17, 15) is 43.9 Å². The summed E-state index contributed by atoms with van der Waals surface area (Å²) < 4.78 is 130. The third-order valence-corrected chi connectivity index (χ3v) is 5.49. The molecular formula is C15H7ClF10IN. The van der Waals surface area contributed by atoms with E-state index in [4.69, 9.17) is 11.6 Å². The molecule has 1 nitrogen and oxygen atoms in total. The molecule has 0 spiro atoms. The summed E-state index contributed by atoms with van der Waals surface area (Å²) in [5.41, 5.74) is -10.3. The summed E-state index contributed by atoms with van der Waals surface area (Å²) in [6.07, 6.45) is -18.7. The van der Waals surface area contributed by atoms with Crippen molar-refractivity contribution in [3.63, 3.8) is 0 Å². The maximum absolute atomic E-state index is 14.4. The quantitative estimate of drug-likeness (QED) is 0.166. The van der Waals surface area contributed by atoms with Crippen molar-refractivity contribution in [3.05, 3.63) is 52.3 Å². The van der Waals surface area contributed by atoms with Crippen molar-refractivity contribution in [1.82, 2.24) is 4.98 Å². The second-order valence-electron chi connectivity index (χ2n) is 5.80. The van der Waals surface area contributed by atoms with Crippen molar-refractivity contribution < 1.29 is 43.9 Å². The minimum Gasteiger partial charge on any atom is -0.244 e. The highest BCUT2D eigenvalue weighted by atomic mass is 127. The van der Waals surface area contributed by atoms with Crippen LogP contribution in [0.3, 0.4) is 0 Å². The molecule has 0 radical (unpaired) electrons. The minimum absolute atomic E-state index is 0.159. The van der Waals surface area contributed by atoms with E-state index in [-0.39, 0.29) is 11.6 Å². The first-order valence-electron chi connectivity index (χ1n) is 7.07. The lowest BCUT2D eigenvalue weighted by Gasteiger charge is -2.37. The highest BCUT2D eigenvalue weighted by molar-refractivity contribution is 14.1. The Balaban J connectivity index is 2.83. The van der Waals surface area contributed by atoms with Gasteiger partial charge < -0.3 is 0 Å². The van der Waals surface area contributed by atoms with Crippen LogP contribution in [-0.4, -0.2) is 29.2 Å². The molecular weight excluding hydrogens is 547 g/mol. The van der Waals surface area contributed by atoms with Gasteiger partial charge in [0.15, 0.2) is 0 Å². The molecule has 1 aromatic rings. The van der Waals surface area contributed by atoms with E-state index in [0.717, 1.165) is 12.3 Å². The highest BCUT2D eigenvalue weighted by Gasteiger charge is 2.74. The number of hydrogen-bond donors (Lipinski definition) is 0. The molecule has 1 unspecified atom stereocenters. The van der Waals surface area contributed by atoms with Crippen LogP contribution in [0.4, 0.5) is 43.9 Å². The van der Waals surface area contributed by atoms with Gasteiger partial charge in [-0.2, -0.15) is 39.5 Å². The van der Waals surface area contributed by atoms with Gasteiger partial charge in [0, 0.05) is 22.9 Å². The van der Waals surface area contributed by atoms with Crippen LogP contribution in [0.25, 0.3) is 0 Å². The first-order chi connectivity index (χ1) is 12.4. The molecule has 0 N–H and O–H groups in total. The number of hydrogen-bond acceptors (Lipinski definition) is 1. The number of aromatic nitrogens is 1. The number of alkyl halides is 11. The van der Waals surface area contributed by atoms with Crippen LogP contribution in [0.2, 0.25) is 5.15 Å². The van der Waals surface area contributed by atoms with Crippen molar-refractivity contribution in [2.24, 2.45) is 0 Å². The molecule has 28 heavy (non-hydrogen) atoms. The molecule has 1 aliphatic carbocycles. The Morgan fingerprint density at radius 3 is 1.93 bits per heavy atom. The topological polar surface area (TPSA) is 12.9 Å². The van der Waals surface area contributed by atoms with Gasteiger partial charge in [0.2, 0.25) is 0 Å². The maximum Gasteiger partial charge on any atom is 0.435 e. The lowest BCUT2D eigenvalue weighted by Crippen LogP contribution is -2.55. The van der Waals surface area contributed by atoms with E-state index < -0.39 is 56.4 Å². The van der Waals surface area contributed by atoms with Crippen LogP contribution in [0.5, 0.6) is 0 Å². The second kappa shape index (κ2) is 7.03. The molecule has 0 amide bonds. The molecule has 13 heteroatoms. The number of nitrogens with zero attached hydrogens (tertiary/aromatic N) is 1. The van der Waals surface area contributed by atoms with Gasteiger partial charge in [-0.1, -0.05) is 46.3 Å². The van der Waals surface area contributed by atoms with E-state index in [0.29, 0.717) is 0 Å². The highest BCUT2D eigenvalue weighted by Crippen LogP contribution is 2.56. The third-order valence-electron chi connectivity index (χ3n) is 3.91. The van der Waals surface area contributed by atoms with Crippen LogP contribution in [-0.2, 0) is 3.42 Å². The molecule has 0 fully saturated rings. The average molecular weight is 554 g/mol. The normalized spacial score (nSPS) is 22.0. The van der Waals surface area contributed by atoms with Crippen LogP contribution in [0.15, 0.2) is 41.6 Å². The third kappa shape index (κ3) is 3.98. The van der Waals surface area contributed by atoms with Crippen LogP contribution < -0.4 is 0 Å². The fraction of sp³-hybridized carbons (Fsp3) is 0.400. The molecule has 1 aromatic heterocycles. The largest absolute Gasteiger partial charge is 0.435 e. The predicted octanol–water partition coefficient (Wildman–Crippen LogP) is 7.02. The molecule has 0 saturated heterocycles. The zero-order valence-electron chi connectivity index (χ0n) is 13.1. The zero-order valence-corrected chi connectivity index (χ0v) is 16.0. The Hall–Kier alpha value is -1.05. The second-order valence-corrected chi connectivity index (χ2v) is 8.09. The predicted molar refractivity (Wildman–Crippen MR) is 87.7 cm³/mol. The lowest BCUT2D eigenvalue weighted by atomic mass is 9.80. The number of halogens is 12. The summed E-state index contributed by atoms with van der Waals surface area (Å²) in [6, 6.07) is 2.26. The summed E-state index contributed by atoms with van der Waals surface area (Å²) >= 11 is 6.97. The Morgan fingerprint density at radius 1 is 0.964 bits per heavy atom. The van der Waals surface area contributed by atoms with E-state index >= 15 is 0 Å². The number of rotatable bonds is 2. The Kier molecular flexibility index (Phi) is 5.83. The van der Waals surface area contributed by atoms with Crippen molar-refractivity contribution in [3.8, 4) is 0 Å². The van der Waals surface area contributed by atoms with E-state index in [1.54, 1.807) is 0 Å². The molecule has 1 atom stereocenters. The van der Waals surface area contributed by atoms with Crippen molar-refractivity contribution in [1.29, 1.82) is 0 Å². The van der Waals surface area contributed by atoms with Gasteiger partial charge in [0.1, 0.15) is 5.15 Å². The summed E-state index contributed by atoms with van der Waals surface area (Å²) in [7, 11) is 0. The molecule has 0 aromatic carbocycles. The van der Waals surface area contributed by atoms with E-state index in [1.165, 1.54) is 28.7 Å². The minimum atomic E-state index is -6.56. The average Bonchev–Trinajstić information content (AvgIpc) is 2.50. The summed E-state index contributed by atoms with van der Waals surface area (Å²) in [5, 5.41) is -0.445. The summed E-state index contributed by atoms with van der Waals surface area (Å²) in [5.74, 6) is 0. The lowest BCUT2D eigenvalue weighted by molar-refractivity contribution is -0.325. The van der Waals surface area contributed by atoms with Gasteiger partial charge in [-0.3, -0.25) is 0 Å². The Bertz CT molecular complexity index is 809. The molecule has 0 saturated carbocycles. The maximum atomic E-state index is 14.4. The van der Waals surface area contributed by atoms with Gasteiger partial charge in [0.05, 0.1) is 3.42 Å². The van der Waals surface area contributed by atoms with Crippen molar-refractivity contribution in [2.45, 2.75) is 34.0 Å². The van der Waals surface area contributed by atoms with Crippen molar-refractivity contribution >= 4 is 34.2 Å². The van der Waals surface area contributed by atoms with Crippen LogP contribution in [0, 0.1) is 0 Å². The van der Waals surface area contributed by atoms with Gasteiger partial charge in [-0.25, -0.2) is 9.37 Å². The van der Waals surface area contributed by atoms with E-state index in [1.807, 2.05) is 0 Å². The molecule has 0 aliphatic heterocycles. The molecule has 0 bridgehead atoms. The smallest absolute Gasteiger partial charge is 0.244 e. The van der Waals surface area contributed by atoms with Crippen LogP contribution >= 0.6 is 34.2 Å². The fourth-order valence-corrected chi connectivity index (χ4v) is 4.22. The molecule has 156 valence electrons. The zero-order chi connectivity index (χ0) is 21.8. The summed E-state index contributed by atoms with van der Waals surface area (Å²) in [6.45, 7) is 0. The number of pyridine rings is 1. The van der Waals surface area contributed by atoms with Gasteiger partial charge in [-0.05, 0) is 18.6 Å². The standard InChI is InChI=1S/C15H7ClF10IN/c16-10-9(2-1-3-28-10)11(27)5-7(4-8(6-11)13(18,19)20)12(17,14(21,22)23)15(24,25)26/h1-5H,6H2. The SMILES string of the molecule is FC(F)(F)C1=CC(C(F)(C(F)(F)F)C(F)(F)F)=CC(I)(c2cccnc2Cl)C1. The fourth-order valence-electron chi connectivity index (χ4n) is 2.59. The van der Waals surface area contributed by atoms with Gasteiger partial charge >= 0.3 is 24.2 Å². The Labute approximate surface area is 169 Å². The van der Waals surface area contributed by atoms with Gasteiger partial charge in [-0.15, -0.1) is 0 Å². The van der Waals surface area contributed by atoms with E-state index in [2.05, 4.69) is 4.98 Å². The first kappa shape index (κ1) is 23.2. The molecule has 2 rings (SSSR count). The first-order valence-corrected chi connectivity index (χ1v) is 8.52. The summed E-state index contributed by atoms with van der Waals surface area (Å²) in [4.78, 5) is 3.56. The molecule has 1 aliphatic rings. The monoisotopic (exact) mass is 553 g/mol. The van der Waals surface area contributed by atoms with Gasteiger partial charge in [0.25, 0.3) is 0 Å². The number of allylic oxidation sites excluding steroid dienone is 4. The molecule has 1 heterocycles. The van der Waals surface area contributed by atoms with Crippen molar-refractivity contribution in [2.75, 3.05) is 0 Å².